The van der Waals surface area contributed by atoms with Crippen LogP contribution in [0.1, 0.15) is 5.56 Å². The van der Waals surface area contributed by atoms with Crippen LogP contribution in [0, 0.1) is 0 Å². The van der Waals surface area contributed by atoms with E-state index in [1.54, 1.807) is 0 Å². The second-order valence-electron chi connectivity index (χ2n) is 2.89. The van der Waals surface area contributed by atoms with E-state index >= 15 is 0 Å². The average Bonchev–Trinajstić information content (AvgIpc) is 2.15. The van der Waals surface area contributed by atoms with Gasteiger partial charge in [-0.1, -0.05) is 18.7 Å². The molecule has 0 N–H and O–H groups in total. The van der Waals surface area contributed by atoms with Crippen LogP contribution in [-0.4, -0.2) is 12.3 Å². The summed E-state index contributed by atoms with van der Waals surface area (Å²) < 4.78 is 36.9. The zero-order chi connectivity index (χ0) is 11.6. The molecule has 0 aromatic heterocycles. The molecule has 82 valence electrons. The molecular weight excluding hydrogens is 227 g/mol. The lowest BCUT2D eigenvalue weighted by atomic mass is 10.2. The molecule has 1 aromatic rings. The van der Waals surface area contributed by atoms with Gasteiger partial charge in [0.1, 0.15) is 0 Å². The van der Waals surface area contributed by atoms with Crippen LogP contribution in [0.15, 0.2) is 24.3 Å². The monoisotopic (exact) mass is 235 g/mol. The van der Waals surface area contributed by atoms with Crippen LogP contribution < -0.4 is 4.90 Å². The highest BCUT2D eigenvalue weighted by Crippen LogP contribution is 2.31. The lowest BCUT2D eigenvalue weighted by Gasteiger charge is -2.15. The van der Waals surface area contributed by atoms with E-state index < -0.39 is 17.0 Å². The van der Waals surface area contributed by atoms with Gasteiger partial charge in [0.15, 0.2) is 0 Å². The quantitative estimate of drug-likeness (QED) is 0.741. The lowest BCUT2D eigenvalue weighted by molar-refractivity contribution is -0.137. The molecule has 0 spiro atoms. The Morgan fingerprint density at radius 3 is 2.47 bits per heavy atom. The molecule has 0 bridgehead atoms. The molecule has 0 aliphatic heterocycles. The predicted octanol–water partition coefficient (Wildman–Crippen LogP) is 3.19. The molecule has 6 heteroatoms. The summed E-state index contributed by atoms with van der Waals surface area (Å²) in [6.07, 6.45) is -4.41. The Balaban J connectivity index is 3.08. The number of rotatable bonds is 1. The van der Waals surface area contributed by atoms with Gasteiger partial charge in [0, 0.05) is 12.7 Å². The van der Waals surface area contributed by atoms with Crippen molar-refractivity contribution in [1.29, 1.82) is 0 Å². The maximum Gasteiger partial charge on any atom is 0.416 e. The first-order chi connectivity index (χ1) is 6.82. The second-order valence-corrected chi connectivity index (χ2v) is 3.27. The van der Waals surface area contributed by atoms with Crippen LogP contribution >= 0.6 is 12.6 Å². The van der Waals surface area contributed by atoms with Crippen LogP contribution in [0.25, 0.3) is 0 Å². The summed E-state index contributed by atoms with van der Waals surface area (Å²) in [5.74, 6) is 0. The Kier molecular flexibility index (Phi) is 3.28. The molecule has 1 rings (SSSR count). The number of carbonyl (C=O) groups is 1. The fourth-order valence-corrected chi connectivity index (χ4v) is 1.12. The van der Waals surface area contributed by atoms with Crippen LogP contribution in [0.4, 0.5) is 23.7 Å². The van der Waals surface area contributed by atoms with E-state index in [1.165, 1.54) is 19.2 Å². The third kappa shape index (κ3) is 2.89. The smallest absolute Gasteiger partial charge is 0.307 e. The van der Waals surface area contributed by atoms with Gasteiger partial charge < -0.3 is 4.90 Å². The van der Waals surface area contributed by atoms with Crippen molar-refractivity contribution in [3.63, 3.8) is 0 Å². The minimum Gasteiger partial charge on any atom is -0.307 e. The van der Waals surface area contributed by atoms with E-state index in [2.05, 4.69) is 12.6 Å². The topological polar surface area (TPSA) is 20.3 Å². The summed E-state index contributed by atoms with van der Waals surface area (Å²) in [5, 5.41) is -0.616. The van der Waals surface area contributed by atoms with Crippen LogP contribution in [0.2, 0.25) is 0 Å². The molecule has 15 heavy (non-hydrogen) atoms. The molecule has 0 radical (unpaired) electrons. The van der Waals surface area contributed by atoms with Crippen molar-refractivity contribution in [2.45, 2.75) is 6.18 Å². The number of thiol groups is 1. The van der Waals surface area contributed by atoms with Gasteiger partial charge in [-0.25, -0.2) is 0 Å². The van der Waals surface area contributed by atoms with E-state index in [0.717, 1.165) is 17.0 Å². The zero-order valence-electron chi connectivity index (χ0n) is 7.75. The molecule has 0 atom stereocenters. The summed E-state index contributed by atoms with van der Waals surface area (Å²) in [6, 6.07) is 4.49. The number of alkyl halides is 3. The minimum atomic E-state index is -4.41. The number of hydrogen-bond acceptors (Lipinski definition) is 1. The van der Waals surface area contributed by atoms with Gasteiger partial charge in [0.2, 0.25) is 0 Å². The van der Waals surface area contributed by atoms with Crippen molar-refractivity contribution in [3.8, 4) is 0 Å². The molecule has 0 aliphatic rings. The average molecular weight is 235 g/mol. The number of anilines is 1. The van der Waals surface area contributed by atoms with Gasteiger partial charge in [-0.15, -0.1) is 0 Å². The second kappa shape index (κ2) is 4.14. The highest BCUT2D eigenvalue weighted by molar-refractivity contribution is 7.96. The molecule has 0 unspecified atom stereocenters. The van der Waals surface area contributed by atoms with Crippen molar-refractivity contribution in [1.82, 2.24) is 0 Å². The summed E-state index contributed by atoms with van der Waals surface area (Å²) in [4.78, 5) is 11.8. The van der Waals surface area contributed by atoms with Gasteiger partial charge in [-0.3, -0.25) is 4.79 Å². The van der Waals surface area contributed by atoms with Crippen molar-refractivity contribution < 1.29 is 18.0 Å². The summed E-state index contributed by atoms with van der Waals surface area (Å²) in [6.45, 7) is 0. The number of hydrogen-bond donors (Lipinski definition) is 1. The maximum atomic E-state index is 12.3. The predicted molar refractivity (Wildman–Crippen MR) is 54.2 cm³/mol. The third-order valence-corrected chi connectivity index (χ3v) is 2.15. The largest absolute Gasteiger partial charge is 0.416 e. The molecular formula is C9H8F3NOS. The van der Waals surface area contributed by atoms with Gasteiger partial charge in [0.25, 0.3) is 5.24 Å². The van der Waals surface area contributed by atoms with E-state index in [1.807, 2.05) is 0 Å². The fraction of sp³-hybridized carbons (Fsp3) is 0.222. The molecule has 2 nitrogen and oxygen atoms in total. The van der Waals surface area contributed by atoms with Crippen molar-refractivity contribution in [3.05, 3.63) is 29.8 Å². The Morgan fingerprint density at radius 2 is 2.00 bits per heavy atom. The Bertz CT molecular complexity index is 378. The summed E-state index contributed by atoms with van der Waals surface area (Å²) >= 11 is 3.52. The molecule has 0 saturated carbocycles. The van der Waals surface area contributed by atoms with Crippen molar-refractivity contribution >= 4 is 23.6 Å². The maximum absolute atomic E-state index is 12.3. The standard InChI is InChI=1S/C9H8F3NOS/c1-13(8(14)15)7-4-2-3-6(5-7)9(10,11)12/h2-5H,1H3,(H,14,15). The molecule has 0 fully saturated rings. The van der Waals surface area contributed by atoms with Gasteiger partial charge in [-0.2, -0.15) is 13.2 Å². The Labute approximate surface area is 90.1 Å². The first-order valence-electron chi connectivity index (χ1n) is 3.96. The normalized spacial score (nSPS) is 11.3. The SMILES string of the molecule is CN(C(=O)S)c1cccc(C(F)(F)F)c1. The van der Waals surface area contributed by atoms with Crippen LogP contribution in [0.5, 0.6) is 0 Å². The van der Waals surface area contributed by atoms with Crippen LogP contribution in [0.3, 0.4) is 0 Å². The summed E-state index contributed by atoms with van der Waals surface area (Å²) in [5.41, 5.74) is -0.633. The fourth-order valence-electron chi connectivity index (χ4n) is 1.00. The number of benzene rings is 1. The van der Waals surface area contributed by atoms with Crippen molar-refractivity contribution in [2.75, 3.05) is 11.9 Å². The number of amides is 1. The Hall–Kier alpha value is -1.17. The van der Waals surface area contributed by atoms with E-state index in [9.17, 15) is 18.0 Å². The molecule has 0 aliphatic carbocycles. The Morgan fingerprint density at radius 1 is 1.40 bits per heavy atom. The highest BCUT2D eigenvalue weighted by atomic mass is 32.1. The van der Waals surface area contributed by atoms with E-state index in [0.29, 0.717) is 0 Å². The van der Waals surface area contributed by atoms with Crippen molar-refractivity contribution in [2.24, 2.45) is 0 Å². The number of carbonyl (C=O) groups excluding carboxylic acids is 1. The lowest BCUT2D eigenvalue weighted by Crippen LogP contribution is -2.20. The molecule has 1 aromatic carbocycles. The van der Waals surface area contributed by atoms with Gasteiger partial charge in [-0.05, 0) is 18.2 Å². The highest BCUT2D eigenvalue weighted by Gasteiger charge is 2.30. The minimum absolute atomic E-state index is 0.157. The molecule has 0 saturated heterocycles. The molecule has 0 heterocycles. The third-order valence-electron chi connectivity index (χ3n) is 1.85. The van der Waals surface area contributed by atoms with E-state index in [-0.39, 0.29) is 5.69 Å². The van der Waals surface area contributed by atoms with Crippen LogP contribution in [-0.2, 0) is 6.18 Å². The zero-order valence-corrected chi connectivity index (χ0v) is 8.64. The number of nitrogens with zero attached hydrogens (tertiary/aromatic N) is 1. The number of halogens is 3. The van der Waals surface area contributed by atoms with Gasteiger partial charge in [0.05, 0.1) is 5.56 Å². The van der Waals surface area contributed by atoms with E-state index in [4.69, 9.17) is 0 Å². The first kappa shape index (κ1) is 11.9. The van der Waals surface area contributed by atoms with Gasteiger partial charge >= 0.3 is 6.18 Å². The molecule has 1 amide bonds. The first-order valence-corrected chi connectivity index (χ1v) is 4.41. The summed E-state index contributed by atoms with van der Waals surface area (Å²) in [7, 11) is 1.35.